The molecule has 2 N–H and O–H groups in total. The second-order valence-electron chi connectivity index (χ2n) is 5.18. The summed E-state index contributed by atoms with van der Waals surface area (Å²) in [7, 11) is 0. The number of hydrogen-bond acceptors (Lipinski definition) is 3. The Morgan fingerprint density at radius 2 is 2.10 bits per heavy atom. The summed E-state index contributed by atoms with van der Waals surface area (Å²) in [5.74, 6) is 0.996. The molecule has 0 amide bonds. The molecule has 3 aromatic rings. The van der Waals surface area contributed by atoms with E-state index in [9.17, 15) is 0 Å². The molecule has 20 heavy (non-hydrogen) atoms. The fourth-order valence-corrected chi connectivity index (χ4v) is 3.34. The summed E-state index contributed by atoms with van der Waals surface area (Å²) in [6, 6.07) is 10.6. The van der Waals surface area contributed by atoms with Crippen molar-refractivity contribution in [2.75, 3.05) is 0 Å². The van der Waals surface area contributed by atoms with Crippen molar-refractivity contribution >= 4 is 22.4 Å². The minimum atomic E-state index is 0.210. The summed E-state index contributed by atoms with van der Waals surface area (Å²) in [5.41, 5.74) is 3.51. The molecule has 2 heterocycles. The summed E-state index contributed by atoms with van der Waals surface area (Å²) in [6.07, 6.45) is 0. The van der Waals surface area contributed by atoms with Gasteiger partial charge >= 0.3 is 0 Å². The highest BCUT2D eigenvalue weighted by Gasteiger charge is 2.11. The first-order chi connectivity index (χ1) is 9.63. The normalized spacial score (nSPS) is 12.9. The maximum absolute atomic E-state index is 4.64. The number of imidazole rings is 1. The van der Waals surface area contributed by atoms with Crippen LogP contribution in [0.25, 0.3) is 11.0 Å². The van der Waals surface area contributed by atoms with Crippen molar-refractivity contribution in [3.8, 4) is 0 Å². The summed E-state index contributed by atoms with van der Waals surface area (Å²) < 4.78 is 0. The lowest BCUT2D eigenvalue weighted by atomic mass is 10.2. The largest absolute Gasteiger partial charge is 0.341 e. The molecule has 0 fully saturated rings. The minimum Gasteiger partial charge on any atom is -0.341 e. The molecule has 0 radical (unpaired) electrons. The van der Waals surface area contributed by atoms with Gasteiger partial charge in [0.25, 0.3) is 0 Å². The van der Waals surface area contributed by atoms with Crippen molar-refractivity contribution in [2.45, 2.75) is 33.4 Å². The molecule has 0 aliphatic carbocycles. The van der Waals surface area contributed by atoms with Crippen LogP contribution in [0, 0.1) is 13.8 Å². The quantitative estimate of drug-likeness (QED) is 0.758. The number of aromatic amines is 1. The number of H-pyrrole nitrogens is 1. The number of hydrogen-bond donors (Lipinski definition) is 2. The van der Waals surface area contributed by atoms with Gasteiger partial charge in [0.1, 0.15) is 5.82 Å². The Morgan fingerprint density at radius 3 is 2.80 bits per heavy atom. The predicted molar refractivity (Wildman–Crippen MR) is 85.1 cm³/mol. The molecular formula is C16H19N3S. The van der Waals surface area contributed by atoms with Gasteiger partial charge in [-0.05, 0) is 44.5 Å². The molecule has 0 bridgehead atoms. The number of fused-ring (bicyclic) bond motifs is 1. The summed E-state index contributed by atoms with van der Waals surface area (Å²) in [4.78, 5) is 10.8. The van der Waals surface area contributed by atoms with E-state index >= 15 is 0 Å². The average Bonchev–Trinajstić information content (AvgIpc) is 2.99. The number of benzene rings is 1. The lowest BCUT2D eigenvalue weighted by Crippen LogP contribution is -2.19. The van der Waals surface area contributed by atoms with Crippen LogP contribution in [0.15, 0.2) is 30.3 Å². The van der Waals surface area contributed by atoms with Crippen LogP contribution >= 0.6 is 11.3 Å². The number of thiophene rings is 1. The number of aromatic nitrogens is 2. The van der Waals surface area contributed by atoms with E-state index in [4.69, 9.17) is 0 Å². The third-order valence-corrected chi connectivity index (χ3v) is 4.57. The Balaban J connectivity index is 1.72. The number of nitrogens with one attached hydrogen (secondary N) is 2. The zero-order valence-corrected chi connectivity index (χ0v) is 12.8. The monoisotopic (exact) mass is 285 g/mol. The van der Waals surface area contributed by atoms with E-state index in [1.807, 2.05) is 29.5 Å². The Kier molecular flexibility index (Phi) is 3.59. The van der Waals surface area contributed by atoms with Crippen LogP contribution in [0.1, 0.15) is 34.1 Å². The Bertz CT molecular complexity index is 693. The Morgan fingerprint density at radius 1 is 1.30 bits per heavy atom. The van der Waals surface area contributed by atoms with Crippen LogP contribution in [0.5, 0.6) is 0 Å². The van der Waals surface area contributed by atoms with E-state index in [-0.39, 0.29) is 6.04 Å². The third kappa shape index (κ3) is 2.62. The maximum atomic E-state index is 4.64. The van der Waals surface area contributed by atoms with E-state index in [2.05, 4.69) is 48.2 Å². The van der Waals surface area contributed by atoms with E-state index in [1.165, 1.54) is 15.3 Å². The summed E-state index contributed by atoms with van der Waals surface area (Å²) >= 11 is 1.86. The predicted octanol–water partition coefficient (Wildman–Crippen LogP) is 4.09. The molecule has 0 saturated carbocycles. The molecule has 2 aromatic heterocycles. The van der Waals surface area contributed by atoms with Gasteiger partial charge in [0.2, 0.25) is 0 Å². The molecule has 1 unspecified atom stereocenters. The van der Waals surface area contributed by atoms with Crippen LogP contribution in [0.3, 0.4) is 0 Å². The van der Waals surface area contributed by atoms with Crippen molar-refractivity contribution < 1.29 is 0 Å². The Hall–Kier alpha value is -1.65. The van der Waals surface area contributed by atoms with Crippen molar-refractivity contribution in [3.05, 3.63) is 51.5 Å². The first-order valence-electron chi connectivity index (χ1n) is 6.87. The average molecular weight is 285 g/mol. The second-order valence-corrected chi connectivity index (χ2v) is 6.64. The first kappa shape index (κ1) is 13.3. The van der Waals surface area contributed by atoms with E-state index in [0.29, 0.717) is 0 Å². The molecule has 0 aliphatic heterocycles. The lowest BCUT2D eigenvalue weighted by molar-refractivity contribution is 0.552. The van der Waals surface area contributed by atoms with Crippen LogP contribution in [0.4, 0.5) is 0 Å². The van der Waals surface area contributed by atoms with Gasteiger partial charge in [-0.2, -0.15) is 0 Å². The fraction of sp³-hybridized carbons (Fsp3) is 0.312. The van der Waals surface area contributed by atoms with Gasteiger partial charge in [-0.15, -0.1) is 11.3 Å². The molecule has 3 nitrogen and oxygen atoms in total. The highest BCUT2D eigenvalue weighted by Crippen LogP contribution is 2.21. The zero-order valence-electron chi connectivity index (χ0n) is 12.0. The molecular weight excluding hydrogens is 266 g/mol. The lowest BCUT2D eigenvalue weighted by Gasteiger charge is -2.10. The minimum absolute atomic E-state index is 0.210. The van der Waals surface area contributed by atoms with Crippen molar-refractivity contribution in [3.63, 3.8) is 0 Å². The first-order valence-corrected chi connectivity index (χ1v) is 7.69. The van der Waals surface area contributed by atoms with Crippen molar-refractivity contribution in [1.29, 1.82) is 0 Å². The highest BCUT2D eigenvalue weighted by atomic mass is 32.1. The summed E-state index contributed by atoms with van der Waals surface area (Å²) in [5, 5.41) is 3.54. The molecule has 3 rings (SSSR count). The zero-order chi connectivity index (χ0) is 14.1. The fourth-order valence-electron chi connectivity index (χ4n) is 2.40. The van der Waals surface area contributed by atoms with Crippen LogP contribution in [-0.4, -0.2) is 9.97 Å². The molecule has 0 aliphatic rings. The van der Waals surface area contributed by atoms with Crippen molar-refractivity contribution in [1.82, 2.24) is 15.3 Å². The molecule has 1 aromatic carbocycles. The number of nitrogens with zero attached hydrogens (tertiary/aromatic N) is 1. The van der Waals surface area contributed by atoms with Crippen LogP contribution in [-0.2, 0) is 6.54 Å². The SMILES string of the molecule is Cc1cc(CNC(C)c2nc3ccccc3[nH]2)c(C)s1. The molecule has 1 atom stereocenters. The third-order valence-electron chi connectivity index (χ3n) is 3.56. The van der Waals surface area contributed by atoms with E-state index in [0.717, 1.165) is 23.4 Å². The maximum Gasteiger partial charge on any atom is 0.124 e. The summed E-state index contributed by atoms with van der Waals surface area (Å²) in [6.45, 7) is 7.37. The van der Waals surface area contributed by atoms with Gasteiger partial charge in [-0.25, -0.2) is 4.98 Å². The smallest absolute Gasteiger partial charge is 0.124 e. The van der Waals surface area contributed by atoms with E-state index in [1.54, 1.807) is 0 Å². The van der Waals surface area contributed by atoms with Crippen molar-refractivity contribution in [2.24, 2.45) is 0 Å². The van der Waals surface area contributed by atoms with Crippen LogP contribution < -0.4 is 5.32 Å². The number of aryl methyl sites for hydroxylation is 2. The standard InChI is InChI=1S/C16H19N3S/c1-10-8-13(12(3)20-10)9-17-11(2)16-18-14-6-4-5-7-15(14)19-16/h4-8,11,17H,9H2,1-3H3,(H,18,19). The van der Waals surface area contributed by atoms with Gasteiger partial charge in [0.15, 0.2) is 0 Å². The van der Waals surface area contributed by atoms with Gasteiger partial charge in [0.05, 0.1) is 17.1 Å². The molecule has 0 saturated heterocycles. The van der Waals surface area contributed by atoms with Gasteiger partial charge in [-0.3, -0.25) is 0 Å². The number of para-hydroxylation sites is 2. The van der Waals surface area contributed by atoms with E-state index < -0.39 is 0 Å². The van der Waals surface area contributed by atoms with Gasteiger partial charge in [0, 0.05) is 16.3 Å². The highest BCUT2D eigenvalue weighted by molar-refractivity contribution is 7.12. The number of rotatable bonds is 4. The molecule has 4 heteroatoms. The molecule has 0 spiro atoms. The van der Waals surface area contributed by atoms with Gasteiger partial charge in [-0.1, -0.05) is 12.1 Å². The second kappa shape index (κ2) is 5.38. The van der Waals surface area contributed by atoms with Crippen LogP contribution in [0.2, 0.25) is 0 Å². The van der Waals surface area contributed by atoms with Gasteiger partial charge < -0.3 is 10.3 Å². The molecule has 104 valence electrons. The Labute approximate surface area is 123 Å². The topological polar surface area (TPSA) is 40.7 Å².